The highest BCUT2D eigenvalue weighted by Crippen LogP contribution is 2.40. The quantitative estimate of drug-likeness (QED) is 0.787. The van der Waals surface area contributed by atoms with Crippen LogP contribution in [0.25, 0.3) is 0 Å². The molecule has 0 saturated heterocycles. The van der Waals surface area contributed by atoms with E-state index in [2.05, 4.69) is 24.3 Å². The second kappa shape index (κ2) is 3.95. The predicted molar refractivity (Wildman–Crippen MR) is 61.9 cm³/mol. The molecule has 1 aromatic rings. The molecule has 1 saturated carbocycles. The minimum Gasteiger partial charge on any atom is -0.395 e. The summed E-state index contributed by atoms with van der Waals surface area (Å²) >= 11 is 0. The van der Waals surface area contributed by atoms with Crippen LogP contribution in [0, 0.1) is 0 Å². The van der Waals surface area contributed by atoms with Crippen molar-refractivity contribution < 1.29 is 5.11 Å². The molecule has 2 heteroatoms. The first kappa shape index (κ1) is 10.7. The van der Waals surface area contributed by atoms with Crippen LogP contribution in [0.15, 0.2) is 24.3 Å². The normalized spacial score (nSPS) is 19.9. The third kappa shape index (κ3) is 2.06. The maximum atomic E-state index is 9.35. The highest BCUT2D eigenvalue weighted by molar-refractivity contribution is 5.32. The SMILES string of the molecule is CC(CN)(CO)c1ccc(C2CC2)cc1. The summed E-state index contributed by atoms with van der Waals surface area (Å²) in [5.41, 5.74) is 7.97. The Balaban J connectivity index is 2.21. The molecule has 1 aliphatic carbocycles. The minimum atomic E-state index is -0.290. The van der Waals surface area contributed by atoms with Gasteiger partial charge in [0.25, 0.3) is 0 Å². The van der Waals surface area contributed by atoms with E-state index in [0.29, 0.717) is 6.54 Å². The second-order valence-corrected chi connectivity index (χ2v) is 4.82. The summed E-state index contributed by atoms with van der Waals surface area (Å²) < 4.78 is 0. The minimum absolute atomic E-state index is 0.103. The lowest BCUT2D eigenvalue weighted by Gasteiger charge is -2.26. The number of benzene rings is 1. The maximum absolute atomic E-state index is 9.35. The van der Waals surface area contributed by atoms with Gasteiger partial charge in [-0.05, 0) is 29.9 Å². The number of hydrogen-bond donors (Lipinski definition) is 2. The summed E-state index contributed by atoms with van der Waals surface area (Å²) in [5, 5.41) is 9.35. The van der Waals surface area contributed by atoms with Gasteiger partial charge in [-0.2, -0.15) is 0 Å². The van der Waals surface area contributed by atoms with Crippen molar-refractivity contribution in [3.05, 3.63) is 35.4 Å². The van der Waals surface area contributed by atoms with Crippen molar-refractivity contribution in [2.45, 2.75) is 31.1 Å². The summed E-state index contributed by atoms with van der Waals surface area (Å²) in [6.07, 6.45) is 2.65. The Kier molecular flexibility index (Phi) is 2.81. The fourth-order valence-electron chi connectivity index (χ4n) is 1.85. The maximum Gasteiger partial charge on any atom is 0.0537 e. The van der Waals surface area contributed by atoms with E-state index in [-0.39, 0.29) is 12.0 Å². The number of nitrogens with two attached hydrogens (primary N) is 1. The van der Waals surface area contributed by atoms with E-state index in [9.17, 15) is 5.11 Å². The molecule has 1 unspecified atom stereocenters. The number of rotatable bonds is 4. The third-order valence-electron chi connectivity index (χ3n) is 3.46. The molecule has 0 aromatic heterocycles. The Morgan fingerprint density at radius 3 is 2.33 bits per heavy atom. The lowest BCUT2D eigenvalue weighted by Crippen LogP contribution is -2.35. The summed E-state index contributed by atoms with van der Waals surface area (Å²) in [6.45, 7) is 2.58. The lowest BCUT2D eigenvalue weighted by molar-refractivity contribution is 0.210. The molecule has 1 aromatic carbocycles. The van der Waals surface area contributed by atoms with Crippen molar-refractivity contribution >= 4 is 0 Å². The zero-order chi connectivity index (χ0) is 10.9. The van der Waals surface area contributed by atoms with E-state index in [1.54, 1.807) is 0 Å². The number of hydrogen-bond acceptors (Lipinski definition) is 2. The second-order valence-electron chi connectivity index (χ2n) is 4.82. The van der Waals surface area contributed by atoms with Crippen LogP contribution in [0.4, 0.5) is 0 Å². The molecule has 2 rings (SSSR count). The largest absolute Gasteiger partial charge is 0.395 e. The van der Waals surface area contributed by atoms with Crippen molar-refractivity contribution in [2.75, 3.05) is 13.2 Å². The zero-order valence-corrected chi connectivity index (χ0v) is 9.24. The molecule has 3 N–H and O–H groups in total. The molecular weight excluding hydrogens is 186 g/mol. The monoisotopic (exact) mass is 205 g/mol. The molecule has 0 heterocycles. The van der Waals surface area contributed by atoms with Crippen LogP contribution in [-0.2, 0) is 5.41 Å². The van der Waals surface area contributed by atoms with Gasteiger partial charge in [0.2, 0.25) is 0 Å². The van der Waals surface area contributed by atoms with Crippen molar-refractivity contribution in [2.24, 2.45) is 5.73 Å². The van der Waals surface area contributed by atoms with Crippen LogP contribution >= 0.6 is 0 Å². The van der Waals surface area contributed by atoms with Gasteiger partial charge in [-0.3, -0.25) is 0 Å². The highest BCUT2D eigenvalue weighted by atomic mass is 16.3. The van der Waals surface area contributed by atoms with Gasteiger partial charge in [-0.15, -0.1) is 0 Å². The van der Waals surface area contributed by atoms with Crippen molar-refractivity contribution in [1.29, 1.82) is 0 Å². The Morgan fingerprint density at radius 1 is 1.33 bits per heavy atom. The molecule has 0 bridgehead atoms. The summed E-state index contributed by atoms with van der Waals surface area (Å²) in [6, 6.07) is 8.57. The van der Waals surface area contributed by atoms with Crippen molar-refractivity contribution in [3.63, 3.8) is 0 Å². The van der Waals surface area contributed by atoms with Gasteiger partial charge >= 0.3 is 0 Å². The first-order chi connectivity index (χ1) is 7.19. The predicted octanol–water partition coefficient (Wildman–Crippen LogP) is 1.77. The van der Waals surface area contributed by atoms with Crippen LogP contribution in [0.2, 0.25) is 0 Å². The molecular formula is C13H19NO. The van der Waals surface area contributed by atoms with Gasteiger partial charge < -0.3 is 10.8 Å². The number of aliphatic hydroxyl groups excluding tert-OH is 1. The van der Waals surface area contributed by atoms with E-state index >= 15 is 0 Å². The van der Waals surface area contributed by atoms with Crippen LogP contribution in [0.5, 0.6) is 0 Å². The van der Waals surface area contributed by atoms with E-state index in [1.165, 1.54) is 18.4 Å². The molecule has 0 spiro atoms. The van der Waals surface area contributed by atoms with Crippen LogP contribution < -0.4 is 5.73 Å². The fourth-order valence-corrected chi connectivity index (χ4v) is 1.85. The van der Waals surface area contributed by atoms with Crippen molar-refractivity contribution in [1.82, 2.24) is 0 Å². The average molecular weight is 205 g/mol. The molecule has 1 atom stereocenters. The van der Waals surface area contributed by atoms with Crippen molar-refractivity contribution in [3.8, 4) is 0 Å². The smallest absolute Gasteiger partial charge is 0.0537 e. The molecule has 82 valence electrons. The van der Waals surface area contributed by atoms with Crippen LogP contribution in [-0.4, -0.2) is 18.3 Å². The molecule has 0 radical (unpaired) electrons. The molecule has 2 nitrogen and oxygen atoms in total. The lowest BCUT2D eigenvalue weighted by atomic mass is 9.83. The standard InChI is InChI=1S/C13H19NO/c1-13(8-14,9-15)12-6-4-11(5-7-12)10-2-3-10/h4-7,10,15H,2-3,8-9,14H2,1H3. The Hall–Kier alpha value is -0.860. The average Bonchev–Trinajstić information content (AvgIpc) is 3.12. The molecule has 1 aliphatic rings. The van der Waals surface area contributed by atoms with Gasteiger partial charge in [0, 0.05) is 12.0 Å². The molecule has 15 heavy (non-hydrogen) atoms. The molecule has 1 fully saturated rings. The summed E-state index contributed by atoms with van der Waals surface area (Å²) in [4.78, 5) is 0. The fraction of sp³-hybridized carbons (Fsp3) is 0.538. The van der Waals surface area contributed by atoms with E-state index in [4.69, 9.17) is 5.73 Å². The highest BCUT2D eigenvalue weighted by Gasteiger charge is 2.26. The third-order valence-corrected chi connectivity index (χ3v) is 3.46. The van der Waals surface area contributed by atoms with Gasteiger partial charge in [0.15, 0.2) is 0 Å². The first-order valence-electron chi connectivity index (χ1n) is 5.61. The number of aliphatic hydroxyl groups is 1. The Bertz CT molecular complexity index is 323. The van der Waals surface area contributed by atoms with E-state index in [1.807, 2.05) is 6.92 Å². The first-order valence-corrected chi connectivity index (χ1v) is 5.61. The molecule has 0 amide bonds. The Labute approximate surface area is 91.1 Å². The zero-order valence-electron chi connectivity index (χ0n) is 9.24. The van der Waals surface area contributed by atoms with E-state index in [0.717, 1.165) is 11.5 Å². The van der Waals surface area contributed by atoms with Crippen LogP contribution in [0.1, 0.15) is 36.8 Å². The topological polar surface area (TPSA) is 46.2 Å². The summed E-state index contributed by atoms with van der Waals surface area (Å²) in [5.74, 6) is 0.789. The van der Waals surface area contributed by atoms with Gasteiger partial charge in [-0.25, -0.2) is 0 Å². The van der Waals surface area contributed by atoms with Crippen LogP contribution in [0.3, 0.4) is 0 Å². The van der Waals surface area contributed by atoms with Gasteiger partial charge in [0.05, 0.1) is 6.61 Å². The Morgan fingerprint density at radius 2 is 1.93 bits per heavy atom. The molecule has 0 aliphatic heterocycles. The van der Waals surface area contributed by atoms with E-state index < -0.39 is 0 Å². The van der Waals surface area contributed by atoms with Gasteiger partial charge in [0.1, 0.15) is 0 Å². The summed E-state index contributed by atoms with van der Waals surface area (Å²) in [7, 11) is 0. The van der Waals surface area contributed by atoms with Gasteiger partial charge in [-0.1, -0.05) is 31.2 Å².